The number of carbonyl (C=O) groups is 1. The van der Waals surface area contributed by atoms with Gasteiger partial charge in [-0.3, -0.25) is 4.79 Å². The lowest BCUT2D eigenvalue weighted by Gasteiger charge is -1.88. The van der Waals surface area contributed by atoms with E-state index < -0.39 is 0 Å². The van der Waals surface area contributed by atoms with E-state index in [0.29, 0.717) is 10.9 Å². The standard InChI is InChI=1S/C8H7N3OS2/c12-7-5-14-8(10-7)11-9-4-6-2-1-3-13-6/h1-4H,5H2,(H,10,11,12)/b9-4-. The monoisotopic (exact) mass is 225 g/mol. The van der Waals surface area contributed by atoms with Crippen LogP contribution >= 0.6 is 23.1 Å². The third-order valence-corrected chi connectivity index (χ3v) is 3.13. The van der Waals surface area contributed by atoms with Crippen molar-refractivity contribution in [2.75, 3.05) is 5.75 Å². The molecule has 1 amide bonds. The Morgan fingerprint density at radius 1 is 1.57 bits per heavy atom. The molecule has 1 fully saturated rings. The molecule has 0 aromatic carbocycles. The number of amides is 1. The number of hydrogen-bond acceptors (Lipinski definition) is 5. The van der Waals surface area contributed by atoms with Crippen LogP contribution in [0.3, 0.4) is 0 Å². The van der Waals surface area contributed by atoms with Gasteiger partial charge in [0.05, 0.1) is 12.0 Å². The van der Waals surface area contributed by atoms with Crippen LogP contribution in [0.1, 0.15) is 4.88 Å². The van der Waals surface area contributed by atoms with Crippen molar-refractivity contribution < 1.29 is 4.79 Å². The molecule has 14 heavy (non-hydrogen) atoms. The second-order valence-electron chi connectivity index (χ2n) is 2.50. The lowest BCUT2D eigenvalue weighted by atomic mass is 10.5. The molecule has 1 saturated heterocycles. The van der Waals surface area contributed by atoms with Gasteiger partial charge in [-0.15, -0.1) is 16.4 Å². The largest absolute Gasteiger partial charge is 0.303 e. The minimum atomic E-state index is -0.0138. The van der Waals surface area contributed by atoms with Gasteiger partial charge in [-0.2, -0.15) is 5.10 Å². The van der Waals surface area contributed by atoms with Gasteiger partial charge in [-0.25, -0.2) is 0 Å². The Morgan fingerprint density at radius 2 is 2.50 bits per heavy atom. The van der Waals surface area contributed by atoms with Gasteiger partial charge in [0.25, 0.3) is 0 Å². The minimum Gasteiger partial charge on any atom is -0.303 e. The molecule has 2 heterocycles. The summed E-state index contributed by atoms with van der Waals surface area (Å²) in [6.45, 7) is 0. The smallest absolute Gasteiger partial charge is 0.236 e. The maximum atomic E-state index is 10.8. The van der Waals surface area contributed by atoms with E-state index in [-0.39, 0.29) is 5.91 Å². The topological polar surface area (TPSA) is 53.8 Å². The first-order valence-corrected chi connectivity index (χ1v) is 5.78. The van der Waals surface area contributed by atoms with Gasteiger partial charge >= 0.3 is 0 Å². The quantitative estimate of drug-likeness (QED) is 0.609. The molecule has 0 bridgehead atoms. The SMILES string of the molecule is O=C1CS/C(=N\N=C/c2cccs2)N1. The molecule has 1 aliphatic rings. The van der Waals surface area contributed by atoms with Crippen LogP contribution in [0.25, 0.3) is 0 Å². The molecule has 72 valence electrons. The lowest BCUT2D eigenvalue weighted by molar-refractivity contribution is -0.116. The molecule has 0 spiro atoms. The van der Waals surface area contributed by atoms with Gasteiger partial charge in [0, 0.05) is 4.88 Å². The Bertz CT molecular complexity index is 383. The summed E-state index contributed by atoms with van der Waals surface area (Å²) in [5.41, 5.74) is 0. The maximum Gasteiger partial charge on any atom is 0.236 e. The molecular formula is C8H7N3OS2. The highest BCUT2D eigenvalue weighted by atomic mass is 32.2. The second kappa shape index (κ2) is 4.39. The van der Waals surface area contributed by atoms with Gasteiger partial charge in [-0.05, 0) is 11.4 Å². The van der Waals surface area contributed by atoms with Crippen molar-refractivity contribution in [1.82, 2.24) is 5.32 Å². The molecule has 2 rings (SSSR count). The van der Waals surface area contributed by atoms with Crippen molar-refractivity contribution in [3.05, 3.63) is 22.4 Å². The van der Waals surface area contributed by atoms with Crippen LogP contribution in [-0.4, -0.2) is 23.0 Å². The van der Waals surface area contributed by atoms with Crippen molar-refractivity contribution in [3.8, 4) is 0 Å². The molecule has 1 aromatic heterocycles. The van der Waals surface area contributed by atoms with E-state index in [4.69, 9.17) is 0 Å². The zero-order valence-corrected chi connectivity index (χ0v) is 8.77. The molecule has 0 radical (unpaired) electrons. The van der Waals surface area contributed by atoms with Gasteiger partial charge < -0.3 is 5.32 Å². The Kier molecular flexibility index (Phi) is 2.95. The Balaban J connectivity index is 1.96. The first-order chi connectivity index (χ1) is 6.84. The first kappa shape index (κ1) is 9.42. The van der Waals surface area contributed by atoms with Crippen LogP contribution in [0.4, 0.5) is 0 Å². The molecule has 0 saturated carbocycles. The number of nitrogens with zero attached hydrogens (tertiary/aromatic N) is 2. The maximum absolute atomic E-state index is 10.8. The highest BCUT2D eigenvalue weighted by molar-refractivity contribution is 8.15. The molecule has 6 heteroatoms. The number of thioether (sulfide) groups is 1. The number of thiophene rings is 1. The summed E-state index contributed by atoms with van der Waals surface area (Å²) in [5, 5.41) is 12.9. The number of nitrogens with one attached hydrogen (secondary N) is 1. The molecule has 0 unspecified atom stereocenters. The zero-order chi connectivity index (χ0) is 9.80. The van der Waals surface area contributed by atoms with Crippen molar-refractivity contribution in [1.29, 1.82) is 0 Å². The van der Waals surface area contributed by atoms with E-state index >= 15 is 0 Å². The highest BCUT2D eigenvalue weighted by Gasteiger charge is 2.15. The van der Waals surface area contributed by atoms with Gasteiger partial charge in [-0.1, -0.05) is 17.8 Å². The van der Waals surface area contributed by atoms with Crippen LogP contribution in [0.2, 0.25) is 0 Å². The van der Waals surface area contributed by atoms with Gasteiger partial charge in [0.2, 0.25) is 5.91 Å². The third kappa shape index (κ3) is 2.43. The predicted molar refractivity (Wildman–Crippen MR) is 59.9 cm³/mol. The van der Waals surface area contributed by atoms with Gasteiger partial charge in [0.15, 0.2) is 5.17 Å². The highest BCUT2D eigenvalue weighted by Crippen LogP contribution is 2.09. The second-order valence-corrected chi connectivity index (χ2v) is 4.45. The van der Waals surface area contributed by atoms with Crippen LogP contribution < -0.4 is 5.32 Å². The van der Waals surface area contributed by atoms with Crippen molar-refractivity contribution in [2.45, 2.75) is 0 Å². The Hall–Kier alpha value is -1.14. The minimum absolute atomic E-state index is 0.0138. The summed E-state index contributed by atoms with van der Waals surface area (Å²) in [4.78, 5) is 11.8. The van der Waals surface area contributed by atoms with E-state index in [1.54, 1.807) is 17.6 Å². The molecule has 1 aromatic rings. The normalized spacial score (nSPS) is 19.4. The summed E-state index contributed by atoms with van der Waals surface area (Å²) in [6, 6.07) is 3.90. The first-order valence-electron chi connectivity index (χ1n) is 3.92. The fraction of sp³-hybridized carbons (Fsp3) is 0.125. The number of carbonyl (C=O) groups excluding carboxylic acids is 1. The lowest BCUT2D eigenvalue weighted by Crippen LogP contribution is -2.19. The Labute approximate surface area is 89.1 Å². The summed E-state index contributed by atoms with van der Waals surface area (Å²) < 4.78 is 0. The fourth-order valence-corrected chi connectivity index (χ4v) is 2.09. The van der Waals surface area contributed by atoms with Crippen molar-refractivity contribution in [2.24, 2.45) is 10.2 Å². The summed E-state index contributed by atoms with van der Waals surface area (Å²) in [5.74, 6) is 0.424. The van der Waals surface area contributed by atoms with E-state index in [9.17, 15) is 4.79 Å². The van der Waals surface area contributed by atoms with E-state index in [0.717, 1.165) is 4.88 Å². The van der Waals surface area contributed by atoms with Crippen LogP contribution in [0, 0.1) is 0 Å². The van der Waals surface area contributed by atoms with Crippen LogP contribution in [-0.2, 0) is 4.79 Å². The summed E-state index contributed by atoms with van der Waals surface area (Å²) in [6.07, 6.45) is 1.67. The molecule has 1 N–H and O–H groups in total. The van der Waals surface area contributed by atoms with Crippen LogP contribution in [0.15, 0.2) is 27.7 Å². The average molecular weight is 225 g/mol. The summed E-state index contributed by atoms with van der Waals surface area (Å²) >= 11 is 2.96. The van der Waals surface area contributed by atoms with Crippen molar-refractivity contribution >= 4 is 40.4 Å². The third-order valence-electron chi connectivity index (χ3n) is 1.46. The molecule has 1 aliphatic heterocycles. The molecule has 4 nitrogen and oxygen atoms in total. The number of hydrogen-bond donors (Lipinski definition) is 1. The average Bonchev–Trinajstić information content (AvgIpc) is 2.77. The van der Waals surface area contributed by atoms with E-state index in [2.05, 4.69) is 15.5 Å². The fourth-order valence-electron chi connectivity index (χ4n) is 0.882. The summed E-state index contributed by atoms with van der Waals surface area (Å²) in [7, 11) is 0. The van der Waals surface area contributed by atoms with E-state index in [1.165, 1.54) is 11.8 Å². The molecule has 0 atom stereocenters. The number of rotatable bonds is 2. The predicted octanol–water partition coefficient (Wildman–Crippen LogP) is 1.30. The van der Waals surface area contributed by atoms with Crippen molar-refractivity contribution in [3.63, 3.8) is 0 Å². The molecule has 0 aliphatic carbocycles. The number of amidine groups is 1. The van der Waals surface area contributed by atoms with Crippen LogP contribution in [0.5, 0.6) is 0 Å². The Morgan fingerprint density at radius 3 is 3.14 bits per heavy atom. The van der Waals surface area contributed by atoms with Gasteiger partial charge in [0.1, 0.15) is 0 Å². The van der Waals surface area contributed by atoms with E-state index in [1.807, 2.05) is 17.5 Å². The molecular weight excluding hydrogens is 218 g/mol. The zero-order valence-electron chi connectivity index (χ0n) is 7.14.